The lowest BCUT2D eigenvalue weighted by Gasteiger charge is -2.22. The number of carbonyl (C=O) groups excluding carboxylic acids is 1. The Morgan fingerprint density at radius 3 is 2.62 bits per heavy atom. The van der Waals surface area contributed by atoms with Crippen molar-refractivity contribution in [2.24, 2.45) is 5.92 Å². The van der Waals surface area contributed by atoms with Crippen LogP contribution in [0, 0.1) is 16.0 Å². The van der Waals surface area contributed by atoms with Crippen molar-refractivity contribution in [1.29, 1.82) is 0 Å². The Hall–Kier alpha value is -2.15. The van der Waals surface area contributed by atoms with Gasteiger partial charge >= 0.3 is 5.69 Å². The topological polar surface area (TPSA) is 102 Å². The van der Waals surface area contributed by atoms with Crippen LogP contribution in [0.3, 0.4) is 0 Å². The van der Waals surface area contributed by atoms with E-state index in [9.17, 15) is 14.9 Å². The van der Waals surface area contributed by atoms with E-state index in [4.69, 9.17) is 9.84 Å². The zero-order valence-corrected chi connectivity index (χ0v) is 12.3. The number of nitro benzene ring substituents is 1. The second-order valence-corrected chi connectivity index (χ2v) is 4.95. The highest BCUT2D eigenvalue weighted by atomic mass is 16.6. The van der Waals surface area contributed by atoms with Crippen molar-refractivity contribution in [2.45, 2.75) is 26.3 Å². The van der Waals surface area contributed by atoms with Crippen LogP contribution >= 0.6 is 0 Å². The summed E-state index contributed by atoms with van der Waals surface area (Å²) in [6.45, 7) is 3.80. The van der Waals surface area contributed by atoms with Crippen LogP contribution in [-0.2, 0) is 0 Å². The van der Waals surface area contributed by atoms with E-state index < -0.39 is 10.8 Å². The molecule has 1 aromatic rings. The number of rotatable bonds is 7. The average Bonchev–Trinajstić information content (AvgIpc) is 2.45. The quantitative estimate of drug-likeness (QED) is 0.589. The van der Waals surface area contributed by atoms with E-state index in [0.29, 0.717) is 6.42 Å². The van der Waals surface area contributed by atoms with E-state index in [1.54, 1.807) is 0 Å². The van der Waals surface area contributed by atoms with Crippen LogP contribution in [0.2, 0.25) is 0 Å². The number of ether oxygens (including phenoxy) is 1. The van der Waals surface area contributed by atoms with Crippen LogP contribution in [0.1, 0.15) is 30.6 Å². The van der Waals surface area contributed by atoms with Crippen molar-refractivity contribution in [3.05, 3.63) is 33.9 Å². The van der Waals surface area contributed by atoms with Gasteiger partial charge in [0.05, 0.1) is 17.6 Å². The molecular formula is C14H20N2O5. The van der Waals surface area contributed by atoms with Crippen molar-refractivity contribution in [1.82, 2.24) is 5.32 Å². The largest absolute Gasteiger partial charge is 0.490 e. The smallest absolute Gasteiger partial charge is 0.311 e. The number of nitrogens with one attached hydrogen (secondary N) is 1. The van der Waals surface area contributed by atoms with Crippen LogP contribution < -0.4 is 10.1 Å². The van der Waals surface area contributed by atoms with Gasteiger partial charge in [-0.05, 0) is 18.4 Å². The number of carbonyl (C=O) groups is 1. The summed E-state index contributed by atoms with van der Waals surface area (Å²) in [6, 6.07) is 3.97. The Kier molecular flexibility index (Phi) is 6.10. The third-order valence-corrected chi connectivity index (χ3v) is 3.20. The van der Waals surface area contributed by atoms with E-state index in [2.05, 4.69) is 5.32 Å². The fourth-order valence-corrected chi connectivity index (χ4v) is 2.02. The van der Waals surface area contributed by atoms with Crippen LogP contribution in [-0.4, -0.2) is 35.7 Å². The van der Waals surface area contributed by atoms with Gasteiger partial charge in [0.25, 0.3) is 5.91 Å². The van der Waals surface area contributed by atoms with Gasteiger partial charge < -0.3 is 15.2 Å². The van der Waals surface area contributed by atoms with Gasteiger partial charge in [-0.25, -0.2) is 0 Å². The van der Waals surface area contributed by atoms with Gasteiger partial charge in [-0.15, -0.1) is 0 Å². The SMILES string of the molecule is COc1c(C(=O)NC(CCO)C(C)C)cccc1[N+](=O)[O-]. The molecule has 0 radical (unpaired) electrons. The summed E-state index contributed by atoms with van der Waals surface area (Å²) >= 11 is 0. The molecule has 0 aliphatic rings. The number of nitro groups is 1. The van der Waals surface area contributed by atoms with E-state index in [0.717, 1.165) is 0 Å². The standard InChI is InChI=1S/C14H20N2O5/c1-9(2)11(7-8-17)15-14(18)10-5-4-6-12(16(19)20)13(10)21-3/h4-6,9,11,17H,7-8H2,1-3H3,(H,15,18). The first-order chi connectivity index (χ1) is 9.92. The van der Waals surface area contributed by atoms with Crippen LogP contribution in [0.15, 0.2) is 18.2 Å². The van der Waals surface area contributed by atoms with Gasteiger partial charge in [0.2, 0.25) is 5.75 Å². The van der Waals surface area contributed by atoms with E-state index in [-0.39, 0.29) is 35.6 Å². The van der Waals surface area contributed by atoms with Crippen LogP contribution in [0.5, 0.6) is 5.75 Å². The molecule has 0 fully saturated rings. The molecule has 21 heavy (non-hydrogen) atoms. The predicted molar refractivity (Wildman–Crippen MR) is 77.4 cm³/mol. The average molecular weight is 296 g/mol. The van der Waals surface area contributed by atoms with E-state index in [1.165, 1.54) is 25.3 Å². The Morgan fingerprint density at radius 1 is 1.48 bits per heavy atom. The summed E-state index contributed by atoms with van der Waals surface area (Å²) in [4.78, 5) is 22.6. The molecular weight excluding hydrogens is 276 g/mol. The van der Waals surface area contributed by atoms with Crippen LogP contribution in [0.25, 0.3) is 0 Å². The fraction of sp³-hybridized carbons (Fsp3) is 0.500. The number of para-hydroxylation sites is 1. The summed E-state index contributed by atoms with van der Waals surface area (Å²) in [5.74, 6) is -0.389. The predicted octanol–water partition coefficient (Wildman–Crippen LogP) is 1.74. The zero-order chi connectivity index (χ0) is 16.0. The molecule has 0 aliphatic carbocycles. The fourth-order valence-electron chi connectivity index (χ4n) is 2.02. The Bertz CT molecular complexity index is 516. The summed E-state index contributed by atoms with van der Waals surface area (Å²) in [6.07, 6.45) is 0.417. The highest BCUT2D eigenvalue weighted by molar-refractivity contribution is 5.98. The van der Waals surface area contributed by atoms with Crippen LogP contribution in [0.4, 0.5) is 5.69 Å². The van der Waals surface area contributed by atoms with E-state index in [1.807, 2.05) is 13.8 Å². The minimum Gasteiger partial charge on any atom is -0.490 e. The lowest BCUT2D eigenvalue weighted by atomic mass is 10.0. The Labute approximate surface area is 123 Å². The third-order valence-electron chi connectivity index (χ3n) is 3.20. The molecule has 0 saturated carbocycles. The lowest BCUT2D eigenvalue weighted by Crippen LogP contribution is -2.39. The first-order valence-electron chi connectivity index (χ1n) is 6.65. The number of hydrogen-bond donors (Lipinski definition) is 2. The van der Waals surface area contributed by atoms with Gasteiger partial charge in [0, 0.05) is 18.7 Å². The number of nitrogens with zero attached hydrogens (tertiary/aromatic N) is 1. The van der Waals surface area contributed by atoms with E-state index >= 15 is 0 Å². The molecule has 1 atom stereocenters. The van der Waals surface area contributed by atoms with Crippen molar-refractivity contribution < 1.29 is 19.6 Å². The van der Waals surface area contributed by atoms with Gasteiger partial charge in [-0.1, -0.05) is 19.9 Å². The maximum absolute atomic E-state index is 12.3. The summed E-state index contributed by atoms with van der Waals surface area (Å²) in [7, 11) is 1.28. The molecule has 0 saturated heterocycles. The molecule has 0 bridgehead atoms. The van der Waals surface area contributed by atoms with Crippen molar-refractivity contribution in [3.63, 3.8) is 0 Å². The molecule has 0 heterocycles. The summed E-state index contributed by atoms with van der Waals surface area (Å²) < 4.78 is 5.01. The number of aliphatic hydroxyl groups excluding tert-OH is 1. The molecule has 0 aromatic heterocycles. The third kappa shape index (κ3) is 4.16. The molecule has 0 spiro atoms. The first-order valence-corrected chi connectivity index (χ1v) is 6.65. The second kappa shape index (κ2) is 7.58. The Morgan fingerprint density at radius 2 is 2.14 bits per heavy atom. The highest BCUT2D eigenvalue weighted by Gasteiger charge is 2.24. The summed E-state index contributed by atoms with van der Waals surface area (Å²) in [5.41, 5.74) is -0.149. The minimum absolute atomic E-state index is 0.0464. The van der Waals surface area contributed by atoms with Gasteiger partial charge in [0.15, 0.2) is 0 Å². The van der Waals surface area contributed by atoms with Gasteiger partial charge in [0.1, 0.15) is 0 Å². The van der Waals surface area contributed by atoms with Crippen molar-refractivity contribution in [2.75, 3.05) is 13.7 Å². The molecule has 1 unspecified atom stereocenters. The molecule has 1 amide bonds. The van der Waals surface area contributed by atoms with Crippen molar-refractivity contribution in [3.8, 4) is 5.75 Å². The summed E-state index contributed by atoms with van der Waals surface area (Å²) in [5, 5.41) is 22.7. The molecule has 1 rings (SSSR count). The molecule has 0 aliphatic heterocycles. The monoisotopic (exact) mass is 296 g/mol. The van der Waals surface area contributed by atoms with Gasteiger partial charge in [-0.3, -0.25) is 14.9 Å². The maximum atomic E-state index is 12.3. The maximum Gasteiger partial charge on any atom is 0.311 e. The Balaban J connectivity index is 3.07. The minimum atomic E-state index is -0.594. The number of methoxy groups -OCH3 is 1. The number of benzene rings is 1. The molecule has 116 valence electrons. The zero-order valence-electron chi connectivity index (χ0n) is 12.3. The van der Waals surface area contributed by atoms with Gasteiger partial charge in [-0.2, -0.15) is 0 Å². The second-order valence-electron chi connectivity index (χ2n) is 4.95. The first kappa shape index (κ1) is 16.9. The highest BCUT2D eigenvalue weighted by Crippen LogP contribution is 2.30. The molecule has 7 nitrogen and oxygen atoms in total. The number of amides is 1. The normalized spacial score (nSPS) is 12.0. The molecule has 1 aromatic carbocycles. The molecule has 7 heteroatoms. The lowest BCUT2D eigenvalue weighted by molar-refractivity contribution is -0.385. The molecule has 2 N–H and O–H groups in total. The number of aliphatic hydroxyl groups is 1. The number of hydrogen-bond acceptors (Lipinski definition) is 5. The van der Waals surface area contributed by atoms with Crippen molar-refractivity contribution >= 4 is 11.6 Å².